The van der Waals surface area contributed by atoms with E-state index < -0.39 is 28.5 Å². The Morgan fingerprint density at radius 2 is 1.52 bits per heavy atom. The molecule has 0 aliphatic carbocycles. The minimum Gasteiger partial charge on any atom is -0.493 e. The zero-order valence-electron chi connectivity index (χ0n) is 27.7. The zero-order chi connectivity index (χ0) is 34.7. The van der Waals surface area contributed by atoms with Crippen molar-refractivity contribution in [2.24, 2.45) is 0 Å². The summed E-state index contributed by atoms with van der Waals surface area (Å²) in [7, 11) is -1.42. The molecule has 48 heavy (non-hydrogen) atoms. The van der Waals surface area contributed by atoms with Crippen LogP contribution in [0.2, 0.25) is 0 Å². The molecule has 0 spiro atoms. The molecule has 4 aromatic carbocycles. The van der Waals surface area contributed by atoms with Crippen LogP contribution in [0.25, 0.3) is 0 Å². The van der Waals surface area contributed by atoms with Gasteiger partial charge in [0.1, 0.15) is 12.6 Å². The lowest BCUT2D eigenvalue weighted by atomic mass is 10.0. The molecular formula is C37H42BrN3O6S. The summed E-state index contributed by atoms with van der Waals surface area (Å²) in [6.45, 7) is 3.93. The number of unbranched alkanes of at least 4 members (excludes halogenated alkanes) is 1. The van der Waals surface area contributed by atoms with E-state index in [0.29, 0.717) is 18.0 Å². The van der Waals surface area contributed by atoms with E-state index >= 15 is 0 Å². The van der Waals surface area contributed by atoms with E-state index in [1.54, 1.807) is 24.3 Å². The Kier molecular flexibility index (Phi) is 13.0. The summed E-state index contributed by atoms with van der Waals surface area (Å²) in [4.78, 5) is 29.9. The highest BCUT2D eigenvalue weighted by Crippen LogP contribution is 2.32. The number of sulfonamides is 1. The van der Waals surface area contributed by atoms with Crippen molar-refractivity contribution in [3.63, 3.8) is 0 Å². The van der Waals surface area contributed by atoms with Gasteiger partial charge >= 0.3 is 0 Å². The summed E-state index contributed by atoms with van der Waals surface area (Å²) >= 11 is 3.46. The van der Waals surface area contributed by atoms with Crippen LogP contribution in [0, 0.1) is 6.92 Å². The molecule has 0 saturated heterocycles. The van der Waals surface area contributed by atoms with Gasteiger partial charge in [-0.2, -0.15) is 0 Å². The fourth-order valence-electron chi connectivity index (χ4n) is 5.19. The van der Waals surface area contributed by atoms with Crippen molar-refractivity contribution < 1.29 is 27.5 Å². The van der Waals surface area contributed by atoms with Crippen LogP contribution in [0.1, 0.15) is 36.5 Å². The molecule has 4 rings (SSSR count). The number of rotatable bonds is 16. The fourth-order valence-corrected chi connectivity index (χ4v) is 6.89. The molecule has 254 valence electrons. The van der Waals surface area contributed by atoms with Crippen LogP contribution in [0.4, 0.5) is 5.69 Å². The predicted octanol–water partition coefficient (Wildman–Crippen LogP) is 6.53. The van der Waals surface area contributed by atoms with Crippen molar-refractivity contribution in [1.82, 2.24) is 10.2 Å². The number of nitrogens with zero attached hydrogens (tertiary/aromatic N) is 2. The number of hydrogen-bond donors (Lipinski definition) is 1. The smallest absolute Gasteiger partial charge is 0.264 e. The maximum absolute atomic E-state index is 14.6. The molecule has 0 aromatic heterocycles. The highest BCUT2D eigenvalue weighted by atomic mass is 79.9. The minimum absolute atomic E-state index is 0.0777. The number of anilines is 1. The minimum atomic E-state index is -4.31. The molecule has 1 N–H and O–H groups in total. The number of ether oxygens (including phenoxy) is 2. The molecule has 4 aromatic rings. The SMILES string of the molecule is CCCCNC(=O)[C@@H](Cc1ccccc1)N(Cc1ccc(Br)cc1)C(=O)CN(c1ccc(C)cc1)S(=O)(=O)c1ccc(OC)c(OC)c1. The van der Waals surface area contributed by atoms with E-state index in [0.717, 1.165) is 38.3 Å². The van der Waals surface area contributed by atoms with Gasteiger partial charge in [0, 0.05) is 30.0 Å². The number of nitrogens with one attached hydrogen (secondary N) is 1. The molecule has 0 unspecified atom stereocenters. The van der Waals surface area contributed by atoms with Crippen LogP contribution in [0.15, 0.2) is 106 Å². The Morgan fingerprint density at radius 1 is 0.854 bits per heavy atom. The first-order valence-electron chi connectivity index (χ1n) is 15.7. The number of amides is 2. The number of hydrogen-bond acceptors (Lipinski definition) is 6. The van der Waals surface area contributed by atoms with Gasteiger partial charge in [-0.05, 0) is 60.9 Å². The average Bonchev–Trinajstić information content (AvgIpc) is 3.10. The third-order valence-corrected chi connectivity index (χ3v) is 10.2. The summed E-state index contributed by atoms with van der Waals surface area (Å²) in [5.74, 6) is -0.235. The highest BCUT2D eigenvalue weighted by Gasteiger charge is 2.35. The van der Waals surface area contributed by atoms with Crippen molar-refractivity contribution >= 4 is 43.5 Å². The Labute approximate surface area is 292 Å². The molecule has 0 radical (unpaired) electrons. The second kappa shape index (κ2) is 17.2. The quantitative estimate of drug-likeness (QED) is 0.131. The largest absolute Gasteiger partial charge is 0.493 e. The van der Waals surface area contributed by atoms with Crippen LogP contribution in [0.3, 0.4) is 0 Å². The average molecular weight is 737 g/mol. The van der Waals surface area contributed by atoms with Crippen LogP contribution < -0.4 is 19.1 Å². The van der Waals surface area contributed by atoms with E-state index in [-0.39, 0.29) is 29.5 Å². The van der Waals surface area contributed by atoms with E-state index in [1.807, 2.05) is 68.4 Å². The van der Waals surface area contributed by atoms with Crippen LogP contribution in [0.5, 0.6) is 11.5 Å². The summed E-state index contributed by atoms with van der Waals surface area (Å²) in [6.07, 6.45) is 1.92. The van der Waals surface area contributed by atoms with E-state index in [9.17, 15) is 18.0 Å². The molecule has 9 nitrogen and oxygen atoms in total. The summed E-state index contributed by atoms with van der Waals surface area (Å²) in [6, 6.07) is 27.3. The second-order valence-corrected chi connectivity index (χ2v) is 14.1. The van der Waals surface area contributed by atoms with Gasteiger partial charge in [-0.25, -0.2) is 8.42 Å². The molecule has 11 heteroatoms. The van der Waals surface area contributed by atoms with Gasteiger partial charge in [0.25, 0.3) is 10.0 Å². The summed E-state index contributed by atoms with van der Waals surface area (Å²) in [5.41, 5.74) is 2.89. The van der Waals surface area contributed by atoms with E-state index in [4.69, 9.17) is 9.47 Å². The van der Waals surface area contributed by atoms with Gasteiger partial charge < -0.3 is 19.7 Å². The lowest BCUT2D eigenvalue weighted by Crippen LogP contribution is -2.53. The van der Waals surface area contributed by atoms with Crippen LogP contribution >= 0.6 is 15.9 Å². The third-order valence-electron chi connectivity index (χ3n) is 7.91. The number of carbonyl (C=O) groups is 2. The standard InChI is InChI=1S/C37H42BrN3O6S/c1-5-6-22-39-37(43)33(23-28-10-8-7-9-11-28)40(25-29-14-16-30(38)17-15-29)36(42)26-41(31-18-12-27(2)13-19-31)48(44,45)32-20-21-34(46-3)35(24-32)47-4/h7-21,24,33H,5-6,22-23,25-26H2,1-4H3,(H,39,43)/t33-/m1/s1. The van der Waals surface area contributed by atoms with Gasteiger partial charge in [-0.1, -0.05) is 89.4 Å². The van der Waals surface area contributed by atoms with Gasteiger partial charge in [-0.3, -0.25) is 13.9 Å². The Bertz CT molecular complexity index is 1770. The first-order chi connectivity index (χ1) is 23.1. The number of carbonyl (C=O) groups excluding carboxylic acids is 2. The van der Waals surface area contributed by atoms with Crippen molar-refractivity contribution in [3.05, 3.63) is 118 Å². The molecule has 0 bridgehead atoms. The normalized spacial score (nSPS) is 11.8. The van der Waals surface area contributed by atoms with Crippen molar-refractivity contribution in [2.75, 3.05) is 31.6 Å². The van der Waals surface area contributed by atoms with Gasteiger partial charge in [-0.15, -0.1) is 0 Å². The van der Waals surface area contributed by atoms with Crippen molar-refractivity contribution in [2.45, 2.75) is 50.6 Å². The molecule has 0 fully saturated rings. The second-order valence-electron chi connectivity index (χ2n) is 11.4. The van der Waals surface area contributed by atoms with Crippen LogP contribution in [-0.4, -0.2) is 58.5 Å². The molecular weight excluding hydrogens is 694 g/mol. The number of aryl methyl sites for hydroxylation is 1. The monoisotopic (exact) mass is 735 g/mol. The molecule has 0 aliphatic heterocycles. The maximum Gasteiger partial charge on any atom is 0.264 e. The molecule has 0 saturated carbocycles. The van der Waals surface area contributed by atoms with Crippen LogP contribution in [-0.2, 0) is 32.6 Å². The molecule has 0 heterocycles. The van der Waals surface area contributed by atoms with Crippen molar-refractivity contribution in [1.29, 1.82) is 0 Å². The Hall–Kier alpha value is -4.35. The first kappa shape index (κ1) is 36.5. The van der Waals surface area contributed by atoms with E-state index in [1.165, 1.54) is 37.3 Å². The van der Waals surface area contributed by atoms with Gasteiger partial charge in [0.05, 0.1) is 24.8 Å². The van der Waals surface area contributed by atoms with Gasteiger partial charge in [0.2, 0.25) is 11.8 Å². The Balaban J connectivity index is 1.80. The summed E-state index contributed by atoms with van der Waals surface area (Å²) in [5, 5.41) is 3.01. The molecule has 0 aliphatic rings. The van der Waals surface area contributed by atoms with Gasteiger partial charge in [0.15, 0.2) is 11.5 Å². The lowest BCUT2D eigenvalue weighted by molar-refractivity contribution is -0.140. The lowest BCUT2D eigenvalue weighted by Gasteiger charge is -2.34. The van der Waals surface area contributed by atoms with E-state index in [2.05, 4.69) is 21.2 Å². The van der Waals surface area contributed by atoms with Crippen molar-refractivity contribution in [3.8, 4) is 11.5 Å². The number of halogens is 1. The maximum atomic E-state index is 14.6. The molecule has 2 amide bonds. The third kappa shape index (κ3) is 9.38. The topological polar surface area (TPSA) is 105 Å². The first-order valence-corrected chi connectivity index (χ1v) is 18.0. The number of benzene rings is 4. The highest BCUT2D eigenvalue weighted by molar-refractivity contribution is 9.10. The number of methoxy groups -OCH3 is 2. The Morgan fingerprint density at radius 3 is 2.15 bits per heavy atom. The molecule has 1 atom stereocenters. The summed E-state index contributed by atoms with van der Waals surface area (Å²) < 4.78 is 41.4. The predicted molar refractivity (Wildman–Crippen MR) is 192 cm³/mol. The fraction of sp³-hybridized carbons (Fsp3) is 0.297. The zero-order valence-corrected chi connectivity index (χ0v) is 30.1.